The Bertz CT molecular complexity index is 662. The summed E-state index contributed by atoms with van der Waals surface area (Å²) >= 11 is 0. The molecule has 23 heavy (non-hydrogen) atoms. The monoisotopic (exact) mass is 310 g/mol. The van der Waals surface area contributed by atoms with Crippen molar-refractivity contribution >= 4 is 6.21 Å². The minimum absolute atomic E-state index is 0.116. The third kappa shape index (κ3) is 4.19. The van der Waals surface area contributed by atoms with E-state index in [1.807, 2.05) is 12.1 Å². The molecule has 0 N–H and O–H groups in total. The van der Waals surface area contributed by atoms with Crippen molar-refractivity contribution in [3.8, 4) is 0 Å². The summed E-state index contributed by atoms with van der Waals surface area (Å²) < 4.78 is 13.5. The van der Waals surface area contributed by atoms with Gasteiger partial charge in [0.05, 0.1) is 0 Å². The molecule has 0 heterocycles. The zero-order chi connectivity index (χ0) is 15.9. The molecule has 0 bridgehead atoms. The molecular formula is C20H21FNO. The maximum absolute atomic E-state index is 13.5. The van der Waals surface area contributed by atoms with E-state index in [4.69, 9.17) is 4.84 Å². The van der Waals surface area contributed by atoms with E-state index in [1.54, 1.807) is 18.2 Å². The van der Waals surface area contributed by atoms with Crippen LogP contribution in [0.4, 0.5) is 4.39 Å². The molecule has 0 atom stereocenters. The molecule has 0 aromatic heterocycles. The van der Waals surface area contributed by atoms with Crippen LogP contribution in [-0.2, 0) is 11.4 Å². The van der Waals surface area contributed by atoms with Gasteiger partial charge in [0.2, 0.25) is 0 Å². The molecule has 2 nitrogen and oxygen atoms in total. The predicted molar refractivity (Wildman–Crippen MR) is 90.0 cm³/mol. The van der Waals surface area contributed by atoms with Crippen molar-refractivity contribution in [3.05, 3.63) is 71.0 Å². The first-order valence-corrected chi connectivity index (χ1v) is 8.25. The van der Waals surface area contributed by atoms with Crippen molar-refractivity contribution < 1.29 is 9.23 Å². The van der Waals surface area contributed by atoms with E-state index in [-0.39, 0.29) is 12.4 Å². The molecule has 0 unspecified atom stereocenters. The zero-order valence-electron chi connectivity index (χ0n) is 13.2. The minimum atomic E-state index is -0.273. The highest BCUT2D eigenvalue weighted by molar-refractivity contribution is 5.81. The molecule has 3 heteroatoms. The lowest BCUT2D eigenvalue weighted by atomic mass is 9.82. The lowest BCUT2D eigenvalue weighted by Crippen LogP contribution is -2.07. The van der Waals surface area contributed by atoms with Gasteiger partial charge in [0.15, 0.2) is 0 Å². The average molecular weight is 310 g/mol. The molecule has 1 aliphatic rings. The van der Waals surface area contributed by atoms with Crippen LogP contribution in [0, 0.1) is 5.82 Å². The Kier molecular flexibility index (Phi) is 5.41. The van der Waals surface area contributed by atoms with Gasteiger partial charge in [-0.15, -0.1) is 0 Å². The van der Waals surface area contributed by atoms with Crippen molar-refractivity contribution in [1.29, 1.82) is 0 Å². The molecule has 0 saturated heterocycles. The second-order valence-electron chi connectivity index (χ2n) is 5.99. The van der Waals surface area contributed by atoms with E-state index in [0.29, 0.717) is 11.5 Å². The van der Waals surface area contributed by atoms with Crippen LogP contribution in [0.2, 0.25) is 0 Å². The molecule has 1 fully saturated rings. The Hall–Kier alpha value is -2.16. The van der Waals surface area contributed by atoms with Gasteiger partial charge >= 0.3 is 0 Å². The van der Waals surface area contributed by atoms with Crippen molar-refractivity contribution in [2.75, 3.05) is 0 Å². The second kappa shape index (κ2) is 7.91. The summed E-state index contributed by atoms with van der Waals surface area (Å²) in [6.45, 7) is 0.116. The summed E-state index contributed by atoms with van der Waals surface area (Å²) in [5.74, 6) is 0.319. The maximum Gasteiger partial charge on any atom is 0.145 e. The fourth-order valence-electron chi connectivity index (χ4n) is 3.17. The van der Waals surface area contributed by atoms with Gasteiger partial charge in [0.1, 0.15) is 18.6 Å². The van der Waals surface area contributed by atoms with Crippen LogP contribution >= 0.6 is 0 Å². The highest BCUT2D eigenvalue weighted by Gasteiger charge is 2.17. The van der Waals surface area contributed by atoms with Crippen molar-refractivity contribution in [2.45, 2.75) is 44.6 Å². The van der Waals surface area contributed by atoms with Gasteiger partial charge in [0.25, 0.3) is 0 Å². The molecule has 1 saturated carbocycles. The number of nitrogens with zero attached hydrogens (tertiary/aromatic N) is 1. The third-order valence-electron chi connectivity index (χ3n) is 4.41. The maximum atomic E-state index is 13.5. The van der Waals surface area contributed by atoms with Crippen LogP contribution in [-0.4, -0.2) is 6.21 Å². The second-order valence-corrected chi connectivity index (χ2v) is 5.99. The molecule has 0 aliphatic heterocycles. The summed E-state index contributed by atoms with van der Waals surface area (Å²) in [5.41, 5.74) is 2.77. The lowest BCUT2D eigenvalue weighted by molar-refractivity contribution is 0.129. The van der Waals surface area contributed by atoms with E-state index in [9.17, 15) is 4.39 Å². The van der Waals surface area contributed by atoms with E-state index < -0.39 is 0 Å². The van der Waals surface area contributed by atoms with E-state index >= 15 is 0 Å². The van der Waals surface area contributed by atoms with Crippen molar-refractivity contribution in [1.82, 2.24) is 0 Å². The van der Waals surface area contributed by atoms with E-state index in [2.05, 4.69) is 23.5 Å². The van der Waals surface area contributed by atoms with Crippen molar-refractivity contribution in [3.63, 3.8) is 0 Å². The number of benzene rings is 2. The van der Waals surface area contributed by atoms with Gasteiger partial charge in [-0.3, -0.25) is 0 Å². The highest BCUT2D eigenvalue weighted by atomic mass is 19.1. The number of hydrogen-bond acceptors (Lipinski definition) is 2. The molecule has 0 amide bonds. The molecule has 3 rings (SSSR count). The van der Waals surface area contributed by atoms with Gasteiger partial charge < -0.3 is 4.84 Å². The Morgan fingerprint density at radius 2 is 1.74 bits per heavy atom. The molecule has 2 aromatic rings. The highest BCUT2D eigenvalue weighted by Crippen LogP contribution is 2.33. The smallest absolute Gasteiger partial charge is 0.145 e. The van der Waals surface area contributed by atoms with Crippen LogP contribution in [0.1, 0.15) is 54.7 Å². The zero-order valence-corrected chi connectivity index (χ0v) is 13.2. The van der Waals surface area contributed by atoms with Crippen LogP contribution < -0.4 is 0 Å². The van der Waals surface area contributed by atoms with Gasteiger partial charge in [-0.05, 0) is 30.4 Å². The number of halogens is 1. The van der Waals surface area contributed by atoms with Gasteiger partial charge in [-0.2, -0.15) is 0 Å². The molecular weight excluding hydrogens is 289 g/mol. The Balaban J connectivity index is 1.64. The van der Waals surface area contributed by atoms with Crippen LogP contribution in [0.5, 0.6) is 0 Å². The summed E-state index contributed by atoms with van der Waals surface area (Å²) in [7, 11) is 0. The average Bonchev–Trinajstić information content (AvgIpc) is 2.61. The van der Waals surface area contributed by atoms with E-state index in [1.165, 1.54) is 43.7 Å². The van der Waals surface area contributed by atoms with Crippen molar-refractivity contribution in [2.24, 2.45) is 5.16 Å². The summed E-state index contributed by atoms with van der Waals surface area (Å²) in [5, 5.41) is 3.92. The van der Waals surface area contributed by atoms with E-state index in [0.717, 1.165) is 5.56 Å². The molecule has 119 valence electrons. The number of rotatable bonds is 5. The molecule has 0 spiro atoms. The van der Waals surface area contributed by atoms with Crippen LogP contribution in [0.25, 0.3) is 0 Å². The fourth-order valence-corrected chi connectivity index (χ4v) is 3.17. The largest absolute Gasteiger partial charge is 0.390 e. The first-order chi connectivity index (χ1) is 11.3. The van der Waals surface area contributed by atoms with Crippen LogP contribution in [0.3, 0.4) is 0 Å². The van der Waals surface area contributed by atoms with Gasteiger partial charge in [0, 0.05) is 11.1 Å². The topological polar surface area (TPSA) is 21.6 Å². The fraction of sp³-hybridized carbons (Fsp3) is 0.350. The Labute approximate surface area is 137 Å². The lowest BCUT2D eigenvalue weighted by Gasteiger charge is -2.23. The third-order valence-corrected chi connectivity index (χ3v) is 4.41. The quantitative estimate of drug-likeness (QED) is 0.542. The summed E-state index contributed by atoms with van der Waals surface area (Å²) in [6.07, 6.45) is 9.36. The minimum Gasteiger partial charge on any atom is -0.390 e. The normalized spacial score (nSPS) is 15.9. The first kappa shape index (κ1) is 15.7. The molecule has 1 aliphatic carbocycles. The molecule has 1 radical (unpaired) electrons. The van der Waals surface area contributed by atoms with Crippen LogP contribution in [0.15, 0.2) is 53.7 Å². The Morgan fingerprint density at radius 1 is 1.00 bits per heavy atom. The summed E-state index contributed by atoms with van der Waals surface area (Å²) in [6, 6.07) is 14.8. The molecule has 2 aromatic carbocycles. The predicted octanol–water partition coefficient (Wildman–Crippen LogP) is 5.30. The summed E-state index contributed by atoms with van der Waals surface area (Å²) in [4.78, 5) is 5.22. The standard InChI is InChI=1S/C20H21FNO/c21-20-13-7-5-11-18(20)15-23-22-14-17-10-4-6-12-19(17)16-8-2-1-3-9-16/h4-7,10-13,16H,1-3,8-9,15H2. The number of hydrogen-bond donors (Lipinski definition) is 0. The van der Waals surface area contributed by atoms with Gasteiger partial charge in [-0.1, -0.05) is 66.9 Å². The van der Waals surface area contributed by atoms with Gasteiger partial charge in [-0.25, -0.2) is 4.39 Å². The SMILES string of the molecule is Fc1ccccc1CO/N=[C]\c1ccccc1C1CCCCC1. The Morgan fingerprint density at radius 3 is 2.57 bits per heavy atom. The first-order valence-electron chi connectivity index (χ1n) is 8.25.